The zero-order chi connectivity index (χ0) is 45.2. The number of carbonyl (C=O) groups is 6. The Balaban J connectivity index is 0.820. The van der Waals surface area contributed by atoms with Crippen LogP contribution >= 0.6 is 0 Å². The Labute approximate surface area is 369 Å². The molecule has 18 nitrogen and oxygen atoms in total. The average Bonchev–Trinajstić information content (AvgIpc) is 3.86. The summed E-state index contributed by atoms with van der Waals surface area (Å²) >= 11 is 0. The molecule has 3 aromatic carbocycles. The lowest BCUT2D eigenvalue weighted by Gasteiger charge is -2.37. The average molecular weight is 876 g/mol. The third-order valence-electron chi connectivity index (χ3n) is 12.6. The zero-order valence-electron chi connectivity index (χ0n) is 36.1. The fourth-order valence-electron chi connectivity index (χ4n) is 9.12. The van der Waals surface area contributed by atoms with E-state index in [1.54, 1.807) is 28.8 Å². The number of fused-ring (bicyclic) bond motifs is 1. The number of carbonyl (C=O) groups excluding carboxylic acids is 6. The van der Waals surface area contributed by atoms with Crippen molar-refractivity contribution >= 4 is 41.3 Å². The van der Waals surface area contributed by atoms with Crippen LogP contribution in [0.2, 0.25) is 0 Å². The summed E-state index contributed by atoms with van der Waals surface area (Å²) in [7, 11) is 0. The molecule has 1 atom stereocenters. The first-order valence-electron chi connectivity index (χ1n) is 21.9. The smallest absolute Gasteiger partial charge is 0.411 e. The maximum Gasteiger partial charge on any atom is 0.411 e. The number of hydrogen-bond donors (Lipinski definition) is 5. The highest BCUT2D eigenvalue weighted by Gasteiger charge is 2.40. The number of anilines is 1. The van der Waals surface area contributed by atoms with Gasteiger partial charge in [-0.1, -0.05) is 32.0 Å². The predicted molar refractivity (Wildman–Crippen MR) is 232 cm³/mol. The van der Waals surface area contributed by atoms with Crippen LogP contribution < -0.4 is 16.0 Å². The summed E-state index contributed by atoms with van der Waals surface area (Å²) < 4.78 is 7.36. The molecule has 0 spiro atoms. The normalized spacial score (nSPS) is 18.6. The largest absolute Gasteiger partial charge is 0.508 e. The van der Waals surface area contributed by atoms with Gasteiger partial charge in [0.1, 0.15) is 23.6 Å². The Hall–Kier alpha value is -6.82. The van der Waals surface area contributed by atoms with E-state index in [2.05, 4.69) is 31.0 Å². The summed E-state index contributed by atoms with van der Waals surface area (Å²) in [6, 6.07) is 14.9. The molecular weight excluding hydrogens is 823 g/mol. The molecule has 64 heavy (non-hydrogen) atoms. The number of piperidine rings is 3. The van der Waals surface area contributed by atoms with Crippen molar-refractivity contribution < 1.29 is 43.7 Å². The van der Waals surface area contributed by atoms with Gasteiger partial charge in [0.05, 0.1) is 5.56 Å². The number of aromatic hydroxyl groups is 2. The number of aromatic nitrogens is 3. The van der Waals surface area contributed by atoms with Gasteiger partial charge in [0.2, 0.25) is 23.5 Å². The fourth-order valence-corrected chi connectivity index (χ4v) is 9.12. The second-order valence-corrected chi connectivity index (χ2v) is 17.1. The van der Waals surface area contributed by atoms with Gasteiger partial charge < -0.3 is 30.1 Å². The molecule has 0 aliphatic carbocycles. The first-order chi connectivity index (χ1) is 30.8. The van der Waals surface area contributed by atoms with Crippen molar-refractivity contribution in [2.24, 2.45) is 5.92 Å². The molecule has 4 aliphatic heterocycles. The molecule has 1 unspecified atom stereocenters. The number of benzene rings is 3. The maximum absolute atomic E-state index is 13.6. The highest BCUT2D eigenvalue weighted by Crippen LogP contribution is 2.39. The van der Waals surface area contributed by atoms with Crippen LogP contribution in [-0.4, -0.2) is 120 Å². The van der Waals surface area contributed by atoms with Gasteiger partial charge in [0, 0.05) is 86.5 Å². The molecule has 4 aromatic rings. The highest BCUT2D eigenvalue weighted by molar-refractivity contribution is 6.06. The number of likely N-dealkylation sites (tertiary alicyclic amines) is 2. The minimum Gasteiger partial charge on any atom is -0.508 e. The molecule has 3 saturated heterocycles. The van der Waals surface area contributed by atoms with Crippen LogP contribution in [0.5, 0.6) is 11.5 Å². The summed E-state index contributed by atoms with van der Waals surface area (Å²) in [5.41, 5.74) is 4.02. The minimum atomic E-state index is -0.766. The van der Waals surface area contributed by atoms with E-state index < -0.39 is 23.9 Å². The number of hydrogen-bond acceptors (Lipinski definition) is 12. The Morgan fingerprint density at radius 1 is 0.891 bits per heavy atom. The predicted octanol–water partition coefficient (Wildman–Crippen LogP) is 4.43. The van der Waals surface area contributed by atoms with Crippen LogP contribution in [0.1, 0.15) is 103 Å². The van der Waals surface area contributed by atoms with Crippen LogP contribution in [0.4, 0.5) is 10.5 Å². The number of imide groups is 1. The Kier molecular flexibility index (Phi) is 12.7. The topological polar surface area (TPSA) is 229 Å². The van der Waals surface area contributed by atoms with E-state index in [1.165, 1.54) is 11.0 Å². The van der Waals surface area contributed by atoms with Gasteiger partial charge in [0.25, 0.3) is 11.8 Å². The molecule has 18 heteroatoms. The summed E-state index contributed by atoms with van der Waals surface area (Å²) in [6.45, 7) is 9.28. The van der Waals surface area contributed by atoms with Crippen molar-refractivity contribution in [3.63, 3.8) is 0 Å². The van der Waals surface area contributed by atoms with E-state index in [-0.39, 0.29) is 78.2 Å². The molecule has 0 radical (unpaired) electrons. The molecule has 1 aromatic heterocycles. The SMILES string of the molecule is CCNC(=O)c1nnc(-c2cc(C(C)C)c(O)cc2O)n1-c1ccc(CN2CCC(C(=O)N3CCC(OC(=O)Nc4cccc5c4CN(C4CCC(=O)NC4=O)C5=O)CC3)CC2)cc1. The Morgan fingerprint density at radius 2 is 1.62 bits per heavy atom. The van der Waals surface area contributed by atoms with Crippen LogP contribution in [0.15, 0.2) is 54.6 Å². The van der Waals surface area contributed by atoms with Crippen molar-refractivity contribution in [2.45, 2.75) is 90.4 Å². The van der Waals surface area contributed by atoms with Crippen LogP contribution in [0.3, 0.4) is 0 Å². The first-order valence-corrected chi connectivity index (χ1v) is 21.9. The molecule has 5 heterocycles. The number of nitrogens with one attached hydrogen (secondary N) is 3. The number of rotatable bonds is 11. The number of phenolic OH excluding ortho intramolecular Hbond substituents is 2. The Bertz CT molecular complexity index is 2470. The summed E-state index contributed by atoms with van der Waals surface area (Å²) in [6.07, 6.45) is 1.78. The van der Waals surface area contributed by atoms with Gasteiger partial charge in [-0.25, -0.2) is 4.79 Å². The Morgan fingerprint density at radius 3 is 2.31 bits per heavy atom. The summed E-state index contributed by atoms with van der Waals surface area (Å²) in [5.74, 6) is -1.54. The van der Waals surface area contributed by atoms with Crippen molar-refractivity contribution in [1.82, 2.24) is 40.1 Å². The first kappa shape index (κ1) is 43.8. The van der Waals surface area contributed by atoms with E-state index in [4.69, 9.17) is 4.74 Å². The second kappa shape index (κ2) is 18.5. The highest BCUT2D eigenvalue weighted by atomic mass is 16.6. The quantitative estimate of drug-likeness (QED) is 0.132. The van der Waals surface area contributed by atoms with Gasteiger partial charge >= 0.3 is 6.09 Å². The lowest BCUT2D eigenvalue weighted by molar-refractivity contribution is -0.139. The molecule has 8 rings (SSSR count). The van der Waals surface area contributed by atoms with E-state index in [9.17, 15) is 39.0 Å². The minimum absolute atomic E-state index is 0.0300. The fraction of sp³-hybridized carbons (Fsp3) is 0.435. The van der Waals surface area contributed by atoms with Gasteiger partial charge in [-0.2, -0.15) is 0 Å². The standard InChI is InChI=1S/C46H53N9O9/c1-4-47-43(60)41-51-50-40(33-22-32(26(2)3)37(56)23-38(33)57)55(41)29-10-8-27(9-11-29)24-52-18-14-28(15-19-52)44(61)53-20-16-30(17-21-53)64-46(63)48-35-7-5-6-31-34(35)25-54(45(31)62)36-12-13-39(58)49-42(36)59/h5-11,22-23,26,28,30,36,56-57H,4,12-21,24-25H2,1-3H3,(H,47,60)(H,48,63)(H,49,58,59). The molecule has 0 saturated carbocycles. The van der Waals surface area contributed by atoms with Crippen LogP contribution in [0.25, 0.3) is 17.1 Å². The van der Waals surface area contributed by atoms with Crippen molar-refractivity contribution in [3.05, 3.63) is 82.7 Å². The van der Waals surface area contributed by atoms with Crippen molar-refractivity contribution in [2.75, 3.05) is 38.0 Å². The van der Waals surface area contributed by atoms with Gasteiger partial charge in [-0.05, 0) is 86.7 Å². The van der Waals surface area contributed by atoms with Crippen molar-refractivity contribution in [1.29, 1.82) is 0 Å². The maximum atomic E-state index is 13.6. The molecule has 3 fully saturated rings. The number of amides is 6. The lowest BCUT2D eigenvalue weighted by Crippen LogP contribution is -2.52. The van der Waals surface area contributed by atoms with Gasteiger partial charge in [-0.3, -0.25) is 44.1 Å². The van der Waals surface area contributed by atoms with Crippen molar-refractivity contribution in [3.8, 4) is 28.6 Å². The van der Waals surface area contributed by atoms with Crippen LogP contribution in [0, 0.1) is 5.92 Å². The summed E-state index contributed by atoms with van der Waals surface area (Å²) in [5, 5.41) is 37.7. The van der Waals surface area contributed by atoms with E-state index >= 15 is 0 Å². The molecule has 0 bridgehead atoms. The molecule has 4 aliphatic rings. The molecule has 336 valence electrons. The third-order valence-corrected chi connectivity index (χ3v) is 12.6. The third kappa shape index (κ3) is 9.00. The zero-order valence-corrected chi connectivity index (χ0v) is 36.1. The molecule has 5 N–H and O–H groups in total. The van der Waals surface area contributed by atoms with E-state index in [1.807, 2.05) is 49.9 Å². The van der Waals surface area contributed by atoms with Crippen LogP contribution in [-0.2, 0) is 32.2 Å². The second-order valence-electron chi connectivity index (χ2n) is 17.1. The molecular formula is C46H53N9O9. The lowest BCUT2D eigenvalue weighted by atomic mass is 9.93. The van der Waals surface area contributed by atoms with Gasteiger partial charge in [0.15, 0.2) is 5.82 Å². The molecule has 6 amide bonds. The monoisotopic (exact) mass is 875 g/mol. The number of phenols is 2. The van der Waals surface area contributed by atoms with Gasteiger partial charge in [-0.15, -0.1) is 10.2 Å². The summed E-state index contributed by atoms with van der Waals surface area (Å²) in [4.78, 5) is 82.7. The number of nitrogens with zero attached hydrogens (tertiary/aromatic N) is 6. The number of ether oxygens (including phenoxy) is 1. The van der Waals surface area contributed by atoms with E-state index in [0.29, 0.717) is 72.6 Å². The van der Waals surface area contributed by atoms with E-state index in [0.717, 1.165) is 31.5 Å².